The quantitative estimate of drug-likeness (QED) is 0.0890. The maximum atomic E-state index is 11.8. The van der Waals surface area contributed by atoms with Gasteiger partial charge in [-0.2, -0.15) is 0 Å². The first-order valence-corrected chi connectivity index (χ1v) is 17.9. The minimum atomic E-state index is -1.88. The molecule has 1 amide bonds. The zero-order valence-electron chi connectivity index (χ0n) is 24.6. The van der Waals surface area contributed by atoms with Crippen molar-refractivity contribution in [2.75, 3.05) is 26.4 Å². The average Bonchev–Trinajstić information content (AvgIpc) is 2.94. The van der Waals surface area contributed by atoms with Crippen LogP contribution in [0.3, 0.4) is 0 Å². The van der Waals surface area contributed by atoms with Gasteiger partial charge in [0.05, 0.1) is 19.8 Å². The molecule has 3 aliphatic rings. The van der Waals surface area contributed by atoms with Crippen LogP contribution < -0.4 is 5.32 Å². The van der Waals surface area contributed by atoms with Gasteiger partial charge in [0, 0.05) is 21.6 Å². The van der Waals surface area contributed by atoms with Crippen molar-refractivity contribution in [3.8, 4) is 0 Å². The van der Waals surface area contributed by atoms with Gasteiger partial charge in [-0.1, -0.05) is 19.6 Å². The Morgan fingerprint density at radius 3 is 1.77 bits per heavy atom. The summed E-state index contributed by atoms with van der Waals surface area (Å²) in [5.41, 5.74) is 0. The molecule has 3 rings (SSSR count). The second kappa shape index (κ2) is 15.6. The van der Waals surface area contributed by atoms with Crippen LogP contribution in [0.1, 0.15) is 6.92 Å². The molecule has 0 aromatic carbocycles. The Balaban J connectivity index is 1.78. The molecule has 0 saturated carbocycles. The van der Waals surface area contributed by atoms with E-state index >= 15 is 0 Å². The minimum Gasteiger partial charge on any atom is -0.394 e. The van der Waals surface area contributed by atoms with Crippen molar-refractivity contribution < 1.29 is 79.2 Å². The first kappa shape index (κ1) is 36.6. The van der Waals surface area contributed by atoms with Crippen LogP contribution in [-0.2, 0) is 33.2 Å². The highest BCUT2D eigenvalue weighted by atomic mass is 28.3. The fourth-order valence-corrected chi connectivity index (χ4v) is 5.79. The lowest BCUT2D eigenvalue weighted by molar-refractivity contribution is -0.375. The molecule has 0 aromatic rings. The summed E-state index contributed by atoms with van der Waals surface area (Å²) in [5, 5.41) is 96.1. The molecular formula is C25H47NO16Si. The molecule has 15 atom stereocenters. The molecule has 10 N–H and O–H groups in total. The van der Waals surface area contributed by atoms with Crippen molar-refractivity contribution in [3.63, 3.8) is 0 Å². The van der Waals surface area contributed by atoms with Gasteiger partial charge in [-0.15, -0.1) is 0 Å². The van der Waals surface area contributed by atoms with E-state index in [0.717, 1.165) is 13.0 Å². The molecule has 3 unspecified atom stereocenters. The molecule has 0 radical (unpaired) electrons. The number of carbonyl (C=O) groups is 1. The first-order valence-electron chi connectivity index (χ1n) is 14.2. The average molecular weight is 646 g/mol. The lowest BCUT2D eigenvalue weighted by Gasteiger charge is -2.48. The Bertz CT molecular complexity index is 881. The van der Waals surface area contributed by atoms with Gasteiger partial charge >= 0.3 is 0 Å². The molecule has 0 bridgehead atoms. The van der Waals surface area contributed by atoms with E-state index in [1.54, 1.807) is 0 Å². The van der Waals surface area contributed by atoms with E-state index in [2.05, 4.69) is 25.0 Å². The predicted molar refractivity (Wildman–Crippen MR) is 145 cm³/mol. The van der Waals surface area contributed by atoms with Crippen molar-refractivity contribution in [2.45, 2.75) is 125 Å². The number of carbonyl (C=O) groups excluding carboxylic acids is 1. The molecule has 17 nitrogen and oxygen atoms in total. The van der Waals surface area contributed by atoms with Crippen LogP contribution in [0.5, 0.6) is 0 Å². The highest BCUT2D eigenvalue weighted by Gasteiger charge is 2.54. The Labute approximate surface area is 249 Å². The summed E-state index contributed by atoms with van der Waals surface area (Å²) in [6.45, 7) is 5.54. The Kier molecular flexibility index (Phi) is 13.2. The van der Waals surface area contributed by atoms with Gasteiger partial charge in [0.15, 0.2) is 18.9 Å². The van der Waals surface area contributed by atoms with E-state index in [0.29, 0.717) is 0 Å². The molecule has 0 aromatic heterocycles. The van der Waals surface area contributed by atoms with Crippen LogP contribution in [0.4, 0.5) is 0 Å². The third kappa shape index (κ3) is 8.88. The minimum absolute atomic E-state index is 0.249. The van der Waals surface area contributed by atoms with Crippen LogP contribution >= 0.6 is 0 Å². The normalized spacial score (nSPS) is 44.3. The van der Waals surface area contributed by atoms with E-state index in [4.69, 9.17) is 28.4 Å². The smallest absolute Gasteiger partial charge is 0.217 e. The molecule has 43 heavy (non-hydrogen) atoms. The number of aliphatic hydroxyl groups excluding tert-OH is 9. The van der Waals surface area contributed by atoms with Gasteiger partial charge in [0.25, 0.3) is 0 Å². The highest BCUT2D eigenvalue weighted by molar-refractivity contribution is 6.76. The maximum absolute atomic E-state index is 11.8. The topological polar surface area (TPSA) is 267 Å². The zero-order valence-corrected chi connectivity index (χ0v) is 25.6. The van der Waals surface area contributed by atoms with Crippen LogP contribution in [0.2, 0.25) is 25.7 Å². The van der Waals surface area contributed by atoms with Crippen molar-refractivity contribution in [2.24, 2.45) is 0 Å². The number of hydrogen-bond acceptors (Lipinski definition) is 16. The van der Waals surface area contributed by atoms with E-state index in [-0.39, 0.29) is 6.61 Å². The van der Waals surface area contributed by atoms with Gasteiger partial charge in [-0.05, 0) is 6.04 Å². The second-order valence-corrected chi connectivity index (χ2v) is 17.9. The van der Waals surface area contributed by atoms with Crippen LogP contribution in [0.15, 0.2) is 0 Å². The van der Waals surface area contributed by atoms with E-state index in [1.165, 1.54) is 0 Å². The lowest BCUT2D eigenvalue weighted by Crippen LogP contribution is -2.68. The van der Waals surface area contributed by atoms with Crippen LogP contribution in [0, 0.1) is 0 Å². The number of rotatable bonds is 12. The summed E-state index contributed by atoms with van der Waals surface area (Å²) < 4.78 is 33.8. The fraction of sp³-hybridized carbons (Fsp3) is 0.960. The van der Waals surface area contributed by atoms with Crippen LogP contribution in [-0.4, -0.2) is 178 Å². The third-order valence-electron chi connectivity index (χ3n) is 7.61. The number of amides is 1. The molecule has 0 spiro atoms. The van der Waals surface area contributed by atoms with E-state index in [1.807, 2.05) is 0 Å². The Hall–Kier alpha value is -0.913. The molecule has 18 heteroatoms. The second-order valence-electron chi connectivity index (χ2n) is 12.2. The zero-order chi connectivity index (χ0) is 32.2. The largest absolute Gasteiger partial charge is 0.394 e. The van der Waals surface area contributed by atoms with Gasteiger partial charge in [-0.25, -0.2) is 0 Å². The Morgan fingerprint density at radius 2 is 1.21 bits per heavy atom. The standard InChI is InChI=1S/C25H47NO16Si/c1-10(30)26-14-17(33)15(31)11(7-27)38-23(14)42-22-16(32)12(8-28)39-25(20(22)36)41-21-13(9-29)40-24(19(35)18(21)34)37-5-6-43(2,3)4/h11-25,27-29,31-36H,5-9H2,1-4H3,(H,26,30)/t11-,12-,13-,14-,15-,16+,17-,18-,19-,20-,21+,22+,23?,24?,25?/m1/s1. The van der Waals surface area contributed by atoms with Crippen molar-refractivity contribution in [1.82, 2.24) is 5.32 Å². The molecule has 3 saturated heterocycles. The third-order valence-corrected chi connectivity index (χ3v) is 9.31. The maximum Gasteiger partial charge on any atom is 0.217 e. The monoisotopic (exact) mass is 645 g/mol. The summed E-state index contributed by atoms with van der Waals surface area (Å²) in [5.74, 6) is -0.638. The lowest BCUT2D eigenvalue weighted by atomic mass is 9.95. The summed E-state index contributed by atoms with van der Waals surface area (Å²) in [6.07, 6.45) is -22.1. The molecule has 3 heterocycles. The Morgan fingerprint density at radius 1 is 0.674 bits per heavy atom. The molecule has 3 fully saturated rings. The summed E-state index contributed by atoms with van der Waals surface area (Å²) in [4.78, 5) is 11.8. The van der Waals surface area contributed by atoms with E-state index < -0.39 is 126 Å². The summed E-state index contributed by atoms with van der Waals surface area (Å²) >= 11 is 0. The summed E-state index contributed by atoms with van der Waals surface area (Å²) in [7, 11) is -1.49. The first-order chi connectivity index (χ1) is 20.1. The van der Waals surface area contributed by atoms with E-state index in [9.17, 15) is 50.8 Å². The van der Waals surface area contributed by atoms with Gasteiger partial charge in [0.1, 0.15) is 73.2 Å². The van der Waals surface area contributed by atoms with Crippen molar-refractivity contribution >= 4 is 14.0 Å². The number of ether oxygens (including phenoxy) is 6. The van der Waals surface area contributed by atoms with Gasteiger partial charge < -0.3 is 79.7 Å². The molecular weight excluding hydrogens is 598 g/mol. The molecule has 252 valence electrons. The summed E-state index contributed by atoms with van der Waals surface area (Å²) in [6, 6.07) is -0.666. The fourth-order valence-electron chi connectivity index (χ4n) is 5.06. The van der Waals surface area contributed by atoms with Gasteiger partial charge in [0.2, 0.25) is 5.91 Å². The number of aliphatic hydroxyl groups is 9. The SMILES string of the molecule is CC(=O)N[C@H]1C(O[C@H]2[C@@H](O)[C@@H](CO)OC(O[C@@H]3[C@H](O)[C@@H](O)C(OCC[Si](C)(C)C)O[C@@H]3CO)[C@@H]2O)O[C@H](CO)[C@@H](O)[C@@H]1O. The van der Waals surface area contributed by atoms with Crippen molar-refractivity contribution in [1.29, 1.82) is 0 Å². The van der Waals surface area contributed by atoms with Crippen molar-refractivity contribution in [3.05, 3.63) is 0 Å². The molecule has 0 aliphatic carbocycles. The predicted octanol–water partition coefficient (Wildman–Crippen LogP) is -5.07. The van der Waals surface area contributed by atoms with Crippen LogP contribution in [0.25, 0.3) is 0 Å². The number of hydrogen-bond donors (Lipinski definition) is 10. The number of nitrogens with one attached hydrogen (secondary N) is 1. The highest BCUT2D eigenvalue weighted by Crippen LogP contribution is 2.33. The molecule has 3 aliphatic heterocycles. The van der Waals surface area contributed by atoms with Gasteiger partial charge in [-0.3, -0.25) is 4.79 Å².